The minimum absolute atomic E-state index is 0.162. The molecule has 6 heteroatoms. The summed E-state index contributed by atoms with van der Waals surface area (Å²) >= 11 is 0. The molecule has 0 bridgehead atoms. The molecule has 0 aliphatic heterocycles. The Labute approximate surface area is 115 Å². The van der Waals surface area contributed by atoms with Crippen LogP contribution in [0.25, 0.3) is 10.9 Å². The van der Waals surface area contributed by atoms with Crippen LogP contribution in [-0.2, 0) is 6.54 Å². The number of pyridine rings is 1. The van der Waals surface area contributed by atoms with E-state index in [0.717, 1.165) is 16.5 Å². The monoisotopic (exact) mass is 267 g/mol. The van der Waals surface area contributed by atoms with Crippen molar-refractivity contribution in [2.45, 2.75) is 6.54 Å². The molecule has 2 aromatic heterocycles. The molecule has 0 unspecified atom stereocenters. The van der Waals surface area contributed by atoms with E-state index in [2.05, 4.69) is 20.4 Å². The number of rotatable bonds is 3. The predicted octanol–water partition coefficient (Wildman–Crippen LogP) is 1.63. The molecule has 100 valence electrons. The molecule has 1 N–H and O–H groups in total. The number of hydrogen-bond acceptors (Lipinski definition) is 4. The van der Waals surface area contributed by atoms with Gasteiger partial charge in [-0.1, -0.05) is 12.1 Å². The SMILES string of the molecule is CN(Cc1ccc2ncccc2c1)C(=O)c1cn[nH]n1. The second-order valence-corrected chi connectivity index (χ2v) is 4.55. The van der Waals surface area contributed by atoms with Gasteiger partial charge in [-0.15, -0.1) is 0 Å². The summed E-state index contributed by atoms with van der Waals surface area (Å²) in [6.45, 7) is 0.510. The fourth-order valence-electron chi connectivity index (χ4n) is 2.07. The standard InChI is InChI=1S/C14H13N5O/c1-19(14(20)13-8-16-18-17-13)9-10-4-5-12-11(7-10)3-2-6-15-12/h2-8H,9H2,1H3,(H,16,17,18). The number of amides is 1. The minimum Gasteiger partial charge on any atom is -0.336 e. The topological polar surface area (TPSA) is 74.8 Å². The van der Waals surface area contributed by atoms with Gasteiger partial charge in [0, 0.05) is 25.2 Å². The first-order valence-corrected chi connectivity index (χ1v) is 6.19. The number of aromatic nitrogens is 4. The van der Waals surface area contributed by atoms with E-state index >= 15 is 0 Å². The summed E-state index contributed by atoms with van der Waals surface area (Å²) in [5.74, 6) is -0.162. The zero-order chi connectivity index (χ0) is 13.9. The molecule has 1 aromatic carbocycles. The summed E-state index contributed by atoms with van der Waals surface area (Å²) in [7, 11) is 1.74. The molecule has 20 heavy (non-hydrogen) atoms. The van der Waals surface area contributed by atoms with Gasteiger partial charge in [-0.2, -0.15) is 15.4 Å². The van der Waals surface area contributed by atoms with Gasteiger partial charge in [0.15, 0.2) is 5.69 Å². The summed E-state index contributed by atoms with van der Waals surface area (Å²) in [6, 6.07) is 9.87. The molecule has 2 heterocycles. The van der Waals surface area contributed by atoms with E-state index in [1.54, 1.807) is 18.1 Å². The lowest BCUT2D eigenvalue weighted by atomic mass is 10.1. The second kappa shape index (κ2) is 5.08. The van der Waals surface area contributed by atoms with Crippen LogP contribution in [0.1, 0.15) is 16.1 Å². The van der Waals surface area contributed by atoms with Crippen molar-refractivity contribution in [3.8, 4) is 0 Å². The van der Waals surface area contributed by atoms with Crippen LogP contribution < -0.4 is 0 Å². The van der Waals surface area contributed by atoms with Gasteiger partial charge >= 0.3 is 0 Å². The Morgan fingerprint density at radius 2 is 2.25 bits per heavy atom. The molecule has 3 aromatic rings. The third kappa shape index (κ3) is 2.35. The second-order valence-electron chi connectivity index (χ2n) is 4.55. The fourth-order valence-corrected chi connectivity index (χ4v) is 2.07. The van der Waals surface area contributed by atoms with Crippen molar-refractivity contribution in [3.63, 3.8) is 0 Å². The van der Waals surface area contributed by atoms with Crippen molar-refractivity contribution >= 4 is 16.8 Å². The van der Waals surface area contributed by atoms with Crippen molar-refractivity contribution in [2.75, 3.05) is 7.05 Å². The Morgan fingerprint density at radius 3 is 3.05 bits per heavy atom. The maximum Gasteiger partial charge on any atom is 0.276 e. The highest BCUT2D eigenvalue weighted by atomic mass is 16.2. The Morgan fingerprint density at radius 1 is 1.35 bits per heavy atom. The van der Waals surface area contributed by atoms with Gasteiger partial charge in [-0.05, 0) is 23.8 Å². The zero-order valence-electron chi connectivity index (χ0n) is 10.9. The molecule has 3 rings (SSSR count). The van der Waals surface area contributed by atoms with Crippen molar-refractivity contribution in [1.82, 2.24) is 25.3 Å². The maximum absolute atomic E-state index is 12.1. The molecular formula is C14H13N5O. The number of nitrogens with one attached hydrogen (secondary N) is 1. The first kappa shape index (κ1) is 12.3. The maximum atomic E-state index is 12.1. The van der Waals surface area contributed by atoms with Crippen LogP contribution in [0.3, 0.4) is 0 Å². The van der Waals surface area contributed by atoms with Crippen molar-refractivity contribution < 1.29 is 4.79 Å². The summed E-state index contributed by atoms with van der Waals surface area (Å²) in [4.78, 5) is 17.9. The van der Waals surface area contributed by atoms with Crippen molar-refractivity contribution in [3.05, 3.63) is 54.0 Å². The molecule has 0 atom stereocenters. The summed E-state index contributed by atoms with van der Waals surface area (Å²) in [5, 5.41) is 10.9. The summed E-state index contributed by atoms with van der Waals surface area (Å²) < 4.78 is 0. The van der Waals surface area contributed by atoms with Gasteiger partial charge in [0.1, 0.15) is 0 Å². The molecule has 0 radical (unpaired) electrons. The van der Waals surface area contributed by atoms with E-state index in [1.165, 1.54) is 6.20 Å². The number of nitrogens with zero attached hydrogens (tertiary/aromatic N) is 4. The summed E-state index contributed by atoms with van der Waals surface area (Å²) in [6.07, 6.45) is 3.19. The van der Waals surface area contributed by atoms with E-state index < -0.39 is 0 Å². The number of carbonyl (C=O) groups excluding carboxylic acids is 1. The highest BCUT2D eigenvalue weighted by Crippen LogP contribution is 2.15. The first-order valence-electron chi connectivity index (χ1n) is 6.19. The van der Waals surface area contributed by atoms with Crippen molar-refractivity contribution in [2.24, 2.45) is 0 Å². The molecule has 1 amide bonds. The number of benzene rings is 1. The lowest BCUT2D eigenvalue weighted by Gasteiger charge is -2.15. The Kier molecular flexibility index (Phi) is 3.12. The van der Waals surface area contributed by atoms with Crippen LogP contribution in [0, 0.1) is 0 Å². The Hall–Kier alpha value is -2.76. The molecule has 0 saturated heterocycles. The molecule has 0 saturated carbocycles. The molecule has 0 fully saturated rings. The van der Waals surface area contributed by atoms with E-state index in [-0.39, 0.29) is 5.91 Å². The van der Waals surface area contributed by atoms with E-state index in [0.29, 0.717) is 12.2 Å². The quantitative estimate of drug-likeness (QED) is 0.782. The van der Waals surface area contributed by atoms with Crippen LogP contribution in [-0.4, -0.2) is 38.2 Å². The molecule has 0 aliphatic rings. The van der Waals surface area contributed by atoms with Gasteiger partial charge < -0.3 is 4.90 Å². The van der Waals surface area contributed by atoms with Crippen LogP contribution >= 0.6 is 0 Å². The highest BCUT2D eigenvalue weighted by molar-refractivity contribution is 5.91. The average Bonchev–Trinajstić information content (AvgIpc) is 3.00. The number of hydrogen-bond donors (Lipinski definition) is 1. The van der Waals surface area contributed by atoms with Gasteiger partial charge in [-0.3, -0.25) is 9.78 Å². The third-order valence-corrected chi connectivity index (χ3v) is 3.07. The van der Waals surface area contributed by atoms with Crippen LogP contribution in [0.15, 0.2) is 42.7 Å². The van der Waals surface area contributed by atoms with Gasteiger partial charge in [0.2, 0.25) is 0 Å². The molecule has 0 spiro atoms. The normalized spacial score (nSPS) is 10.7. The number of aromatic amines is 1. The smallest absolute Gasteiger partial charge is 0.276 e. The largest absolute Gasteiger partial charge is 0.336 e. The number of carbonyl (C=O) groups is 1. The Balaban J connectivity index is 1.80. The van der Waals surface area contributed by atoms with Gasteiger partial charge in [0.05, 0.1) is 11.7 Å². The molecular weight excluding hydrogens is 254 g/mol. The predicted molar refractivity (Wildman–Crippen MR) is 73.9 cm³/mol. The zero-order valence-corrected chi connectivity index (χ0v) is 10.9. The van der Waals surface area contributed by atoms with Crippen LogP contribution in [0.4, 0.5) is 0 Å². The summed E-state index contributed by atoms with van der Waals surface area (Å²) in [5.41, 5.74) is 2.31. The van der Waals surface area contributed by atoms with Crippen LogP contribution in [0.2, 0.25) is 0 Å². The number of H-pyrrole nitrogens is 1. The average molecular weight is 267 g/mol. The first-order chi connectivity index (χ1) is 9.74. The molecule has 0 aliphatic carbocycles. The van der Waals surface area contributed by atoms with Gasteiger partial charge in [-0.25, -0.2) is 0 Å². The van der Waals surface area contributed by atoms with E-state index in [9.17, 15) is 4.79 Å². The number of fused-ring (bicyclic) bond motifs is 1. The fraction of sp³-hybridized carbons (Fsp3) is 0.143. The molecule has 6 nitrogen and oxygen atoms in total. The van der Waals surface area contributed by atoms with Gasteiger partial charge in [0.25, 0.3) is 5.91 Å². The lowest BCUT2D eigenvalue weighted by molar-refractivity contribution is 0.0779. The third-order valence-electron chi connectivity index (χ3n) is 3.07. The highest BCUT2D eigenvalue weighted by Gasteiger charge is 2.14. The van der Waals surface area contributed by atoms with Crippen molar-refractivity contribution in [1.29, 1.82) is 0 Å². The minimum atomic E-state index is -0.162. The van der Waals surface area contributed by atoms with E-state index in [4.69, 9.17) is 0 Å². The van der Waals surface area contributed by atoms with E-state index in [1.807, 2.05) is 30.3 Å². The Bertz CT molecular complexity index is 738. The lowest BCUT2D eigenvalue weighted by Crippen LogP contribution is -2.26. The van der Waals surface area contributed by atoms with Crippen LogP contribution in [0.5, 0.6) is 0 Å².